The van der Waals surface area contributed by atoms with Crippen molar-refractivity contribution in [3.8, 4) is 16.9 Å². The zero-order valence-corrected chi connectivity index (χ0v) is 17.0. The molecule has 0 saturated carbocycles. The van der Waals surface area contributed by atoms with E-state index in [0.29, 0.717) is 32.0 Å². The fourth-order valence-corrected chi connectivity index (χ4v) is 3.59. The number of nitrogens with zero attached hydrogens (tertiary/aromatic N) is 4. The van der Waals surface area contributed by atoms with Gasteiger partial charge in [-0.05, 0) is 12.1 Å². The molecule has 2 amide bonds. The number of para-hydroxylation sites is 1. The average molecular weight is 403 g/mol. The van der Waals surface area contributed by atoms with E-state index < -0.39 is 0 Å². The summed E-state index contributed by atoms with van der Waals surface area (Å²) in [5.74, 6) is 0.620. The van der Waals surface area contributed by atoms with Gasteiger partial charge in [-0.2, -0.15) is 5.10 Å². The molecule has 2 heterocycles. The molecule has 4 rings (SSSR count). The Morgan fingerprint density at radius 3 is 2.20 bits per heavy atom. The summed E-state index contributed by atoms with van der Waals surface area (Å²) >= 11 is 0. The van der Waals surface area contributed by atoms with E-state index in [0.717, 1.165) is 16.9 Å². The maximum Gasteiger partial charge on any atom is 0.239 e. The predicted molar refractivity (Wildman–Crippen MR) is 116 cm³/mol. The molecule has 1 aliphatic rings. The first-order valence-corrected chi connectivity index (χ1v) is 10.1. The Labute approximate surface area is 175 Å². The molecule has 3 aromatic rings. The second-order valence-electron chi connectivity index (χ2n) is 7.36. The summed E-state index contributed by atoms with van der Waals surface area (Å²) < 4.78 is 1.76. The number of carbonyl (C=O) groups excluding carboxylic acids is 2. The van der Waals surface area contributed by atoms with Crippen LogP contribution in [0.15, 0.2) is 66.7 Å². The number of piperazine rings is 1. The van der Waals surface area contributed by atoms with Crippen LogP contribution in [0.2, 0.25) is 0 Å². The number of hydrogen-bond acceptors (Lipinski definition) is 4. The van der Waals surface area contributed by atoms with E-state index >= 15 is 0 Å². The fraction of sp³-hybridized carbons (Fsp3) is 0.261. The first kappa shape index (κ1) is 19.8. The summed E-state index contributed by atoms with van der Waals surface area (Å²) in [6, 6.07) is 21.5. The van der Waals surface area contributed by atoms with Crippen molar-refractivity contribution in [3.63, 3.8) is 0 Å². The fourth-order valence-electron chi connectivity index (χ4n) is 3.59. The Balaban J connectivity index is 1.51. The molecule has 0 bridgehead atoms. The van der Waals surface area contributed by atoms with Gasteiger partial charge in [0, 0.05) is 44.7 Å². The Bertz CT molecular complexity index is 1010. The molecule has 0 spiro atoms. The smallest absolute Gasteiger partial charge is 0.239 e. The van der Waals surface area contributed by atoms with Crippen LogP contribution in [0, 0.1) is 0 Å². The summed E-state index contributed by atoms with van der Waals surface area (Å²) in [6.45, 7) is 4.57. The molecule has 1 saturated heterocycles. The third-order valence-corrected chi connectivity index (χ3v) is 5.23. The zero-order chi connectivity index (χ0) is 20.9. The van der Waals surface area contributed by atoms with Gasteiger partial charge in [0.2, 0.25) is 11.8 Å². The highest BCUT2D eigenvalue weighted by Gasteiger charge is 2.21. The Morgan fingerprint density at radius 1 is 0.933 bits per heavy atom. The number of hydrogen-bond donors (Lipinski definition) is 1. The lowest BCUT2D eigenvalue weighted by atomic mass is 10.1. The van der Waals surface area contributed by atoms with E-state index in [4.69, 9.17) is 5.10 Å². The Kier molecular flexibility index (Phi) is 5.90. The maximum absolute atomic E-state index is 12.8. The molecule has 1 aromatic heterocycles. The molecule has 7 nitrogen and oxygen atoms in total. The standard InChI is InChI=1S/C23H25N5O2/c1-18(29)27-14-12-26(13-15-27)17-23(30)24-22-16-21(19-8-4-2-5-9-19)25-28(22)20-10-6-3-7-11-20/h2-11,16H,12-15,17H2,1H3,(H,24,30). The second kappa shape index (κ2) is 8.92. The molecular formula is C23H25N5O2. The maximum atomic E-state index is 12.8. The van der Waals surface area contributed by atoms with Gasteiger partial charge in [-0.3, -0.25) is 14.5 Å². The van der Waals surface area contributed by atoms with Gasteiger partial charge in [0.25, 0.3) is 0 Å². The van der Waals surface area contributed by atoms with Crippen molar-refractivity contribution < 1.29 is 9.59 Å². The quantitative estimate of drug-likeness (QED) is 0.711. The summed E-state index contributed by atoms with van der Waals surface area (Å²) in [5.41, 5.74) is 2.66. The van der Waals surface area contributed by atoms with Crippen LogP contribution >= 0.6 is 0 Å². The van der Waals surface area contributed by atoms with Crippen molar-refractivity contribution in [3.05, 3.63) is 66.7 Å². The minimum absolute atomic E-state index is 0.0827. The van der Waals surface area contributed by atoms with Crippen molar-refractivity contribution in [2.75, 3.05) is 38.0 Å². The van der Waals surface area contributed by atoms with Crippen molar-refractivity contribution >= 4 is 17.6 Å². The summed E-state index contributed by atoms with van der Waals surface area (Å²) in [5, 5.41) is 7.74. The molecule has 30 heavy (non-hydrogen) atoms. The van der Waals surface area contributed by atoms with Gasteiger partial charge in [0.15, 0.2) is 0 Å². The number of nitrogens with one attached hydrogen (secondary N) is 1. The topological polar surface area (TPSA) is 70.5 Å². The third kappa shape index (κ3) is 4.58. The van der Waals surface area contributed by atoms with E-state index in [1.807, 2.05) is 71.6 Å². The molecule has 7 heteroatoms. The van der Waals surface area contributed by atoms with Crippen molar-refractivity contribution in [2.24, 2.45) is 0 Å². The molecule has 154 valence electrons. The van der Waals surface area contributed by atoms with Gasteiger partial charge < -0.3 is 10.2 Å². The van der Waals surface area contributed by atoms with E-state index in [1.165, 1.54) is 0 Å². The second-order valence-corrected chi connectivity index (χ2v) is 7.36. The van der Waals surface area contributed by atoms with Crippen molar-refractivity contribution in [2.45, 2.75) is 6.92 Å². The van der Waals surface area contributed by atoms with Crippen molar-refractivity contribution in [1.29, 1.82) is 0 Å². The molecule has 1 fully saturated rings. The van der Waals surface area contributed by atoms with Crippen LogP contribution in [-0.2, 0) is 9.59 Å². The Hall–Kier alpha value is -3.45. The minimum Gasteiger partial charge on any atom is -0.340 e. The molecule has 1 aliphatic heterocycles. The number of anilines is 1. The van der Waals surface area contributed by atoms with Crippen LogP contribution in [0.25, 0.3) is 16.9 Å². The third-order valence-electron chi connectivity index (χ3n) is 5.23. The highest BCUT2D eigenvalue weighted by atomic mass is 16.2. The molecule has 0 unspecified atom stereocenters. The molecular weight excluding hydrogens is 378 g/mol. The molecule has 0 aliphatic carbocycles. The van der Waals surface area contributed by atoms with Gasteiger partial charge in [0.1, 0.15) is 5.82 Å². The lowest BCUT2D eigenvalue weighted by molar-refractivity contribution is -0.130. The van der Waals surface area contributed by atoms with E-state index in [1.54, 1.807) is 11.6 Å². The minimum atomic E-state index is -0.0945. The van der Waals surface area contributed by atoms with Gasteiger partial charge in [-0.25, -0.2) is 4.68 Å². The normalized spacial score (nSPS) is 14.5. The van der Waals surface area contributed by atoms with Crippen LogP contribution in [0.3, 0.4) is 0 Å². The van der Waals surface area contributed by atoms with E-state index in [-0.39, 0.29) is 18.4 Å². The van der Waals surface area contributed by atoms with Crippen LogP contribution in [0.1, 0.15) is 6.92 Å². The van der Waals surface area contributed by atoms with Gasteiger partial charge in [-0.15, -0.1) is 0 Å². The lowest BCUT2D eigenvalue weighted by Gasteiger charge is -2.33. The zero-order valence-electron chi connectivity index (χ0n) is 17.0. The summed E-state index contributed by atoms with van der Waals surface area (Å²) in [6.07, 6.45) is 0. The number of amides is 2. The van der Waals surface area contributed by atoms with Gasteiger partial charge >= 0.3 is 0 Å². The average Bonchev–Trinajstić information content (AvgIpc) is 3.19. The lowest BCUT2D eigenvalue weighted by Crippen LogP contribution is -2.49. The largest absolute Gasteiger partial charge is 0.340 e. The molecule has 2 aromatic carbocycles. The highest BCUT2D eigenvalue weighted by Crippen LogP contribution is 2.24. The van der Waals surface area contributed by atoms with Crippen LogP contribution in [0.5, 0.6) is 0 Å². The van der Waals surface area contributed by atoms with E-state index in [9.17, 15) is 9.59 Å². The Morgan fingerprint density at radius 2 is 1.57 bits per heavy atom. The van der Waals surface area contributed by atoms with Gasteiger partial charge in [0.05, 0.1) is 17.9 Å². The SMILES string of the molecule is CC(=O)N1CCN(CC(=O)Nc2cc(-c3ccccc3)nn2-c2ccccc2)CC1. The molecule has 0 radical (unpaired) electrons. The van der Waals surface area contributed by atoms with E-state index in [2.05, 4.69) is 10.2 Å². The number of benzene rings is 2. The number of aromatic nitrogens is 2. The number of rotatable bonds is 5. The van der Waals surface area contributed by atoms with Crippen LogP contribution < -0.4 is 5.32 Å². The predicted octanol–water partition coefficient (Wildman–Crippen LogP) is 2.64. The van der Waals surface area contributed by atoms with Crippen molar-refractivity contribution in [1.82, 2.24) is 19.6 Å². The van der Waals surface area contributed by atoms with Crippen LogP contribution in [-0.4, -0.2) is 64.1 Å². The highest BCUT2D eigenvalue weighted by molar-refractivity contribution is 5.92. The molecule has 0 atom stereocenters. The van der Waals surface area contributed by atoms with Gasteiger partial charge in [-0.1, -0.05) is 48.5 Å². The summed E-state index contributed by atoms with van der Waals surface area (Å²) in [7, 11) is 0. The first-order chi connectivity index (χ1) is 14.6. The summed E-state index contributed by atoms with van der Waals surface area (Å²) in [4.78, 5) is 28.1. The number of carbonyl (C=O) groups is 2. The monoisotopic (exact) mass is 403 g/mol. The van der Waals surface area contributed by atoms with Crippen LogP contribution in [0.4, 0.5) is 5.82 Å². The first-order valence-electron chi connectivity index (χ1n) is 10.1. The molecule has 1 N–H and O–H groups in total.